The van der Waals surface area contributed by atoms with Crippen LogP contribution >= 0.6 is 0 Å². The number of benzene rings is 11. The van der Waals surface area contributed by atoms with Crippen molar-refractivity contribution in [1.29, 1.82) is 0 Å². The first-order chi connectivity index (χ1) is 37.2. The fourth-order valence-corrected chi connectivity index (χ4v) is 12.0. The molecule has 2 heterocycles. The van der Waals surface area contributed by atoms with Crippen molar-refractivity contribution in [3.8, 4) is 67.0 Å². The number of aromatic nitrogens is 2. The van der Waals surface area contributed by atoms with E-state index in [0.29, 0.717) is 0 Å². The number of para-hydroxylation sites is 1. The Morgan fingerprint density at radius 2 is 0.813 bits per heavy atom. The molecule has 3 nitrogen and oxygen atoms in total. The van der Waals surface area contributed by atoms with E-state index < -0.39 is 5.41 Å². The van der Waals surface area contributed by atoms with Crippen LogP contribution < -0.4 is 4.90 Å². The molecule has 0 unspecified atom stereocenters. The molecule has 352 valence electrons. The van der Waals surface area contributed by atoms with E-state index in [0.717, 1.165) is 78.1 Å². The smallest absolute Gasteiger partial charge is 0.101 e. The highest BCUT2D eigenvalue weighted by atomic mass is 15.2. The summed E-state index contributed by atoms with van der Waals surface area (Å²) in [6.07, 6.45) is 0. The molecule has 0 atom stereocenters. The third-order valence-corrected chi connectivity index (χ3v) is 15.3. The molecule has 11 aromatic carbocycles. The van der Waals surface area contributed by atoms with Crippen LogP contribution in [0.4, 0.5) is 17.1 Å². The van der Waals surface area contributed by atoms with Crippen molar-refractivity contribution in [2.24, 2.45) is 0 Å². The zero-order valence-corrected chi connectivity index (χ0v) is 41.1. The highest BCUT2D eigenvalue weighted by molar-refractivity contribution is 6.10. The lowest BCUT2D eigenvalue weighted by atomic mass is 9.67. The van der Waals surface area contributed by atoms with Crippen molar-refractivity contribution >= 4 is 33.4 Å². The molecule has 2 aromatic heterocycles. The molecule has 75 heavy (non-hydrogen) atoms. The van der Waals surface area contributed by atoms with Gasteiger partial charge in [0.15, 0.2) is 0 Å². The second kappa shape index (κ2) is 18.3. The van der Waals surface area contributed by atoms with Gasteiger partial charge in [0.25, 0.3) is 0 Å². The van der Waals surface area contributed by atoms with Crippen molar-refractivity contribution in [3.05, 3.63) is 320 Å². The van der Waals surface area contributed by atoms with Gasteiger partial charge in [0, 0.05) is 39.0 Å². The van der Waals surface area contributed by atoms with Gasteiger partial charge in [0.2, 0.25) is 0 Å². The summed E-state index contributed by atoms with van der Waals surface area (Å²) in [5.41, 5.74) is 22.2. The summed E-state index contributed by atoms with van der Waals surface area (Å²) in [4.78, 5) is 2.50. The second-order valence-electron chi connectivity index (χ2n) is 19.4. The highest BCUT2D eigenvalue weighted by Crippen LogP contribution is 2.58. The molecule has 0 bridgehead atoms. The van der Waals surface area contributed by atoms with Crippen molar-refractivity contribution in [2.45, 2.75) is 5.41 Å². The first kappa shape index (κ1) is 43.9. The first-order valence-electron chi connectivity index (χ1n) is 25.8. The average molecular weight is 956 g/mol. The second-order valence-corrected chi connectivity index (χ2v) is 19.4. The van der Waals surface area contributed by atoms with E-state index in [1.165, 1.54) is 44.5 Å². The quantitative estimate of drug-likeness (QED) is 0.136. The lowest BCUT2D eigenvalue weighted by Crippen LogP contribution is -2.28. The largest absolute Gasteiger partial charge is 0.310 e. The number of pyridine rings is 1. The molecule has 0 saturated carbocycles. The zero-order chi connectivity index (χ0) is 49.7. The molecular formula is C72H49N3. The lowest BCUT2D eigenvalue weighted by molar-refractivity contribution is 0.768. The maximum absolute atomic E-state index is 5.54. The van der Waals surface area contributed by atoms with Gasteiger partial charge in [-0.05, 0) is 97.4 Å². The van der Waals surface area contributed by atoms with E-state index in [4.69, 9.17) is 5.10 Å². The molecular weight excluding hydrogens is 907 g/mol. The predicted octanol–water partition coefficient (Wildman–Crippen LogP) is 18.7. The van der Waals surface area contributed by atoms with Crippen molar-refractivity contribution < 1.29 is 0 Å². The van der Waals surface area contributed by atoms with Gasteiger partial charge in [-0.25, -0.2) is 4.52 Å². The predicted molar refractivity (Wildman–Crippen MR) is 312 cm³/mol. The standard InChI is InChI=1S/C72H49N3/c1-7-25-50(26-8-1)59-37-19-20-38-61(59)64-40-22-24-42-67(64)74(58-44-46-63-62-39-21-23-41-65(62)72(66(63)49-58,55-33-15-5-16-34-55)56-35-17-6-18-36-56)57-43-45-60-54(47-57)48-68(51-27-9-2-10-28-51)75-71(60)69(52-29-11-3-12-30-52)70(73-75)53-31-13-4-14-32-53/h1-49H. The molecule has 0 fully saturated rings. The number of nitrogens with zero attached hydrogens (tertiary/aromatic N) is 3. The Morgan fingerprint density at radius 3 is 1.47 bits per heavy atom. The number of hydrogen-bond acceptors (Lipinski definition) is 2. The number of anilines is 3. The van der Waals surface area contributed by atoms with Gasteiger partial charge in [-0.2, -0.15) is 5.10 Å². The van der Waals surface area contributed by atoms with Gasteiger partial charge in [-0.3, -0.25) is 0 Å². The third kappa shape index (κ3) is 7.23. The van der Waals surface area contributed by atoms with Crippen LogP contribution in [0.15, 0.2) is 297 Å². The summed E-state index contributed by atoms with van der Waals surface area (Å²) in [7, 11) is 0. The summed E-state index contributed by atoms with van der Waals surface area (Å²) in [6.45, 7) is 0. The van der Waals surface area contributed by atoms with E-state index in [9.17, 15) is 0 Å². The molecule has 13 aromatic rings. The monoisotopic (exact) mass is 955 g/mol. The molecule has 0 aliphatic heterocycles. The fraction of sp³-hybridized carbons (Fsp3) is 0.0139. The molecule has 0 amide bonds. The fourth-order valence-electron chi connectivity index (χ4n) is 12.0. The van der Waals surface area contributed by atoms with Crippen molar-refractivity contribution in [1.82, 2.24) is 9.61 Å². The Kier molecular flexibility index (Phi) is 10.7. The van der Waals surface area contributed by atoms with Crippen LogP contribution in [0.2, 0.25) is 0 Å². The van der Waals surface area contributed by atoms with Crippen LogP contribution in [-0.2, 0) is 5.41 Å². The average Bonchev–Trinajstić information content (AvgIpc) is 4.06. The highest BCUT2D eigenvalue weighted by Gasteiger charge is 2.46. The molecule has 0 radical (unpaired) electrons. The molecule has 0 N–H and O–H groups in total. The van der Waals surface area contributed by atoms with E-state index in [2.05, 4.69) is 307 Å². The van der Waals surface area contributed by atoms with Crippen LogP contribution in [0, 0.1) is 0 Å². The number of rotatable bonds is 10. The van der Waals surface area contributed by atoms with Crippen molar-refractivity contribution in [3.63, 3.8) is 0 Å². The molecule has 14 rings (SSSR count). The number of hydrogen-bond donors (Lipinski definition) is 0. The van der Waals surface area contributed by atoms with Gasteiger partial charge < -0.3 is 4.90 Å². The maximum atomic E-state index is 5.54. The van der Waals surface area contributed by atoms with Crippen LogP contribution in [0.5, 0.6) is 0 Å². The van der Waals surface area contributed by atoms with E-state index in [1.54, 1.807) is 0 Å². The molecule has 0 spiro atoms. The minimum absolute atomic E-state index is 0.582. The van der Waals surface area contributed by atoms with Gasteiger partial charge in [0.05, 0.1) is 22.3 Å². The summed E-state index contributed by atoms with van der Waals surface area (Å²) in [6, 6.07) is 108. The van der Waals surface area contributed by atoms with Crippen molar-refractivity contribution in [2.75, 3.05) is 4.90 Å². The Balaban J connectivity index is 1.07. The van der Waals surface area contributed by atoms with E-state index in [1.807, 2.05) is 0 Å². The molecule has 1 aliphatic rings. The topological polar surface area (TPSA) is 20.5 Å². The summed E-state index contributed by atoms with van der Waals surface area (Å²) in [5.74, 6) is 0. The minimum atomic E-state index is -0.582. The summed E-state index contributed by atoms with van der Waals surface area (Å²) < 4.78 is 2.18. The molecule has 0 saturated heterocycles. The normalized spacial score (nSPS) is 12.4. The van der Waals surface area contributed by atoms with Gasteiger partial charge in [0.1, 0.15) is 5.69 Å². The van der Waals surface area contributed by atoms with Crippen LogP contribution in [0.25, 0.3) is 83.3 Å². The summed E-state index contributed by atoms with van der Waals surface area (Å²) in [5, 5.41) is 7.76. The summed E-state index contributed by atoms with van der Waals surface area (Å²) >= 11 is 0. The zero-order valence-electron chi connectivity index (χ0n) is 41.1. The van der Waals surface area contributed by atoms with E-state index >= 15 is 0 Å². The van der Waals surface area contributed by atoms with Gasteiger partial charge >= 0.3 is 0 Å². The molecule has 3 heteroatoms. The SMILES string of the molecule is c1ccc(-c2ccccc2-c2ccccc2N(c2ccc3c(c2)C(c2ccccc2)(c2ccccc2)c2ccccc2-3)c2ccc3c(c2)cc(-c2ccccc2)n2nc(-c4ccccc4)c(-c4ccccc4)c32)cc1. The van der Waals surface area contributed by atoms with Gasteiger partial charge in [-0.1, -0.05) is 261 Å². The van der Waals surface area contributed by atoms with E-state index in [-0.39, 0.29) is 0 Å². The Labute approximate surface area is 437 Å². The Hall–Kier alpha value is -9.83. The maximum Gasteiger partial charge on any atom is 0.101 e. The van der Waals surface area contributed by atoms with Crippen LogP contribution in [-0.4, -0.2) is 9.61 Å². The van der Waals surface area contributed by atoms with Crippen LogP contribution in [0.1, 0.15) is 22.3 Å². The third-order valence-electron chi connectivity index (χ3n) is 15.3. The number of fused-ring (bicyclic) bond motifs is 6. The minimum Gasteiger partial charge on any atom is -0.310 e. The van der Waals surface area contributed by atoms with Gasteiger partial charge in [-0.15, -0.1) is 0 Å². The molecule has 1 aliphatic carbocycles. The Bertz CT molecular complexity index is 4170. The van der Waals surface area contributed by atoms with Crippen LogP contribution in [0.3, 0.4) is 0 Å². The first-order valence-corrected chi connectivity index (χ1v) is 25.8. The Morgan fingerprint density at radius 1 is 0.333 bits per heavy atom. The lowest BCUT2D eigenvalue weighted by Gasteiger charge is -2.35.